The molecule has 0 spiro atoms. The highest BCUT2D eigenvalue weighted by molar-refractivity contribution is 6.06. The average molecular weight is 378 g/mol. The van der Waals surface area contributed by atoms with Crippen LogP contribution >= 0.6 is 0 Å². The molecule has 0 saturated carbocycles. The van der Waals surface area contributed by atoms with Gasteiger partial charge >= 0.3 is 6.03 Å². The molecule has 0 aliphatic carbocycles. The summed E-state index contributed by atoms with van der Waals surface area (Å²) >= 11 is 0. The monoisotopic (exact) mass is 378 g/mol. The van der Waals surface area contributed by atoms with Crippen LogP contribution in [0.3, 0.4) is 0 Å². The standard InChI is InChI=1S/C18H30N6O3/c1-6-18(5)15(25)24(17(26)23-18)10-8-9-20-16(19-7-2)21-11-14-22-12(3)13(4)27-14/h6-11H2,1-5H3,(H,23,26)(H2,19,20,21). The van der Waals surface area contributed by atoms with Crippen molar-refractivity contribution >= 4 is 17.9 Å². The number of carbonyl (C=O) groups excluding carboxylic acids is 2. The molecular formula is C18H30N6O3. The zero-order valence-corrected chi connectivity index (χ0v) is 16.8. The number of amides is 3. The number of nitrogens with one attached hydrogen (secondary N) is 3. The second-order valence-electron chi connectivity index (χ2n) is 6.80. The Morgan fingerprint density at radius 2 is 2.04 bits per heavy atom. The first-order valence-electron chi connectivity index (χ1n) is 9.40. The van der Waals surface area contributed by atoms with Crippen LogP contribution in [0.2, 0.25) is 0 Å². The summed E-state index contributed by atoms with van der Waals surface area (Å²) in [6.07, 6.45) is 1.20. The number of aromatic nitrogens is 1. The Kier molecular flexibility index (Phi) is 6.81. The summed E-state index contributed by atoms with van der Waals surface area (Å²) < 4.78 is 5.53. The number of nitrogens with zero attached hydrogens (tertiary/aromatic N) is 3. The molecule has 3 amide bonds. The number of guanidine groups is 1. The molecule has 2 rings (SSSR count). The topological polar surface area (TPSA) is 112 Å². The highest BCUT2D eigenvalue weighted by Crippen LogP contribution is 2.20. The summed E-state index contributed by atoms with van der Waals surface area (Å²) in [6.45, 7) is 11.4. The number of aryl methyl sites for hydroxylation is 2. The van der Waals surface area contributed by atoms with Crippen molar-refractivity contribution in [3.8, 4) is 0 Å². The normalized spacial score (nSPS) is 20.2. The zero-order valence-electron chi connectivity index (χ0n) is 16.8. The van der Waals surface area contributed by atoms with Gasteiger partial charge in [0.15, 0.2) is 5.96 Å². The molecule has 2 heterocycles. The van der Waals surface area contributed by atoms with Gasteiger partial charge in [-0.2, -0.15) is 0 Å². The van der Waals surface area contributed by atoms with E-state index in [2.05, 4.69) is 25.9 Å². The van der Waals surface area contributed by atoms with E-state index in [1.54, 1.807) is 6.92 Å². The van der Waals surface area contributed by atoms with Gasteiger partial charge < -0.3 is 20.4 Å². The lowest BCUT2D eigenvalue weighted by Crippen LogP contribution is -2.43. The second-order valence-corrected chi connectivity index (χ2v) is 6.80. The highest BCUT2D eigenvalue weighted by atomic mass is 16.4. The molecule has 0 radical (unpaired) electrons. The summed E-state index contributed by atoms with van der Waals surface area (Å²) in [5.41, 5.74) is 0.0820. The lowest BCUT2D eigenvalue weighted by atomic mass is 9.99. The van der Waals surface area contributed by atoms with E-state index in [0.29, 0.717) is 44.3 Å². The zero-order chi connectivity index (χ0) is 20.0. The molecule has 0 aromatic carbocycles. The molecule has 1 atom stereocenters. The third-order valence-corrected chi connectivity index (χ3v) is 4.69. The Hall–Kier alpha value is -2.58. The Labute approximate surface area is 160 Å². The molecular weight excluding hydrogens is 348 g/mol. The molecule has 27 heavy (non-hydrogen) atoms. The minimum absolute atomic E-state index is 0.162. The molecule has 1 aromatic rings. The molecule has 9 heteroatoms. The van der Waals surface area contributed by atoms with E-state index in [-0.39, 0.29) is 11.9 Å². The van der Waals surface area contributed by atoms with Crippen molar-refractivity contribution in [1.82, 2.24) is 25.8 Å². The van der Waals surface area contributed by atoms with Gasteiger partial charge in [0.1, 0.15) is 17.8 Å². The minimum Gasteiger partial charge on any atom is -0.444 e. The van der Waals surface area contributed by atoms with Gasteiger partial charge in [0, 0.05) is 19.6 Å². The summed E-state index contributed by atoms with van der Waals surface area (Å²) in [6, 6.07) is -0.320. The number of carbonyl (C=O) groups is 2. The molecule has 1 fully saturated rings. The van der Waals surface area contributed by atoms with Crippen molar-refractivity contribution in [3.05, 3.63) is 17.3 Å². The van der Waals surface area contributed by atoms with Gasteiger partial charge in [0.25, 0.3) is 5.91 Å². The van der Waals surface area contributed by atoms with E-state index < -0.39 is 5.54 Å². The van der Waals surface area contributed by atoms with Crippen LogP contribution in [-0.2, 0) is 11.3 Å². The van der Waals surface area contributed by atoms with Crippen LogP contribution in [0.25, 0.3) is 0 Å². The van der Waals surface area contributed by atoms with Gasteiger partial charge in [-0.1, -0.05) is 6.92 Å². The van der Waals surface area contributed by atoms with Crippen molar-refractivity contribution in [2.45, 2.75) is 59.5 Å². The molecule has 0 bridgehead atoms. The van der Waals surface area contributed by atoms with Crippen molar-refractivity contribution in [3.63, 3.8) is 0 Å². The first-order chi connectivity index (χ1) is 12.8. The largest absolute Gasteiger partial charge is 0.444 e. The number of rotatable bonds is 8. The van der Waals surface area contributed by atoms with Gasteiger partial charge in [-0.3, -0.25) is 9.69 Å². The number of aliphatic imine (C=N–C) groups is 1. The van der Waals surface area contributed by atoms with Crippen molar-refractivity contribution in [1.29, 1.82) is 0 Å². The maximum atomic E-state index is 12.4. The molecule has 1 aliphatic heterocycles. The van der Waals surface area contributed by atoms with Crippen LogP contribution in [0.1, 0.15) is 51.0 Å². The van der Waals surface area contributed by atoms with Gasteiger partial charge in [-0.15, -0.1) is 0 Å². The number of hydrogen-bond acceptors (Lipinski definition) is 5. The molecule has 1 unspecified atom stereocenters. The van der Waals surface area contributed by atoms with Crippen LogP contribution in [-0.4, -0.2) is 53.0 Å². The Bertz CT molecular complexity index is 694. The maximum absolute atomic E-state index is 12.4. The fourth-order valence-corrected chi connectivity index (χ4v) is 2.73. The van der Waals surface area contributed by atoms with E-state index in [9.17, 15) is 9.59 Å². The van der Waals surface area contributed by atoms with Crippen LogP contribution in [0.5, 0.6) is 0 Å². The van der Waals surface area contributed by atoms with Crippen LogP contribution in [0, 0.1) is 13.8 Å². The molecule has 1 aliphatic rings. The van der Waals surface area contributed by atoms with E-state index in [1.807, 2.05) is 27.7 Å². The lowest BCUT2D eigenvalue weighted by Gasteiger charge is -2.19. The summed E-state index contributed by atoms with van der Waals surface area (Å²) in [5, 5.41) is 9.11. The fourth-order valence-electron chi connectivity index (χ4n) is 2.73. The van der Waals surface area contributed by atoms with Gasteiger partial charge in [0.2, 0.25) is 5.89 Å². The predicted molar refractivity (Wildman–Crippen MR) is 102 cm³/mol. The van der Waals surface area contributed by atoms with Crippen molar-refractivity contribution < 1.29 is 14.0 Å². The third-order valence-electron chi connectivity index (χ3n) is 4.69. The predicted octanol–water partition coefficient (Wildman–Crippen LogP) is 1.46. The van der Waals surface area contributed by atoms with E-state index in [0.717, 1.165) is 18.0 Å². The Morgan fingerprint density at radius 1 is 1.30 bits per heavy atom. The SMILES string of the molecule is CCNC(=NCc1nc(C)c(C)o1)NCCCN1C(=O)NC(C)(CC)C1=O. The molecule has 1 aromatic heterocycles. The molecule has 1 saturated heterocycles. The summed E-state index contributed by atoms with van der Waals surface area (Å²) in [7, 11) is 0. The second kappa shape index (κ2) is 8.88. The van der Waals surface area contributed by atoms with Crippen LogP contribution in [0.4, 0.5) is 4.79 Å². The lowest BCUT2D eigenvalue weighted by molar-refractivity contribution is -0.130. The maximum Gasteiger partial charge on any atom is 0.325 e. The number of hydrogen-bond donors (Lipinski definition) is 3. The first kappa shape index (κ1) is 20.7. The molecule has 3 N–H and O–H groups in total. The number of imide groups is 1. The number of oxazole rings is 1. The van der Waals surface area contributed by atoms with E-state index >= 15 is 0 Å². The van der Waals surface area contributed by atoms with Gasteiger partial charge in [0.05, 0.1) is 5.69 Å². The Morgan fingerprint density at radius 3 is 2.59 bits per heavy atom. The van der Waals surface area contributed by atoms with Crippen molar-refractivity contribution in [2.75, 3.05) is 19.6 Å². The van der Waals surface area contributed by atoms with Gasteiger partial charge in [-0.25, -0.2) is 14.8 Å². The first-order valence-corrected chi connectivity index (χ1v) is 9.40. The minimum atomic E-state index is -0.785. The fraction of sp³-hybridized carbons (Fsp3) is 0.667. The smallest absolute Gasteiger partial charge is 0.325 e. The Balaban J connectivity index is 1.83. The third kappa shape index (κ3) is 4.99. The highest BCUT2D eigenvalue weighted by Gasteiger charge is 2.45. The van der Waals surface area contributed by atoms with Crippen LogP contribution < -0.4 is 16.0 Å². The molecule has 9 nitrogen and oxygen atoms in total. The summed E-state index contributed by atoms with van der Waals surface area (Å²) in [5.74, 6) is 1.85. The number of urea groups is 1. The molecule has 150 valence electrons. The van der Waals surface area contributed by atoms with E-state index in [4.69, 9.17) is 4.42 Å². The van der Waals surface area contributed by atoms with Crippen LogP contribution in [0.15, 0.2) is 9.41 Å². The van der Waals surface area contributed by atoms with E-state index in [1.165, 1.54) is 4.90 Å². The average Bonchev–Trinajstić information content (AvgIpc) is 3.06. The van der Waals surface area contributed by atoms with Crippen molar-refractivity contribution in [2.24, 2.45) is 4.99 Å². The van der Waals surface area contributed by atoms with Gasteiger partial charge in [-0.05, 0) is 40.5 Å². The summed E-state index contributed by atoms with van der Waals surface area (Å²) in [4.78, 5) is 34.4. The quantitative estimate of drug-likeness (QED) is 0.273.